The second-order valence-electron chi connectivity index (χ2n) is 8.89. The molecular formula is C26H36N2O3. The van der Waals surface area contributed by atoms with Gasteiger partial charge >= 0.3 is 0 Å². The molecule has 0 fully saturated rings. The lowest BCUT2D eigenvalue weighted by Crippen LogP contribution is -2.49. The van der Waals surface area contributed by atoms with Crippen molar-refractivity contribution in [2.24, 2.45) is 0 Å². The number of nitrogens with one attached hydrogen (secondary N) is 1. The standard InChI is InChI=1S/C26H36N2O3/c1-6-7-17-27-25(30)20(2)28(18-21-11-9-8-10-12-21)24(29)19-31-23-15-13-22(14-16-23)26(3,4)5/h8-16,20H,6-7,17-19H2,1-5H3,(H,27,30). The molecular weight excluding hydrogens is 388 g/mol. The molecule has 0 radical (unpaired) electrons. The van der Waals surface area contributed by atoms with Crippen molar-refractivity contribution in [3.05, 3.63) is 65.7 Å². The average molecular weight is 425 g/mol. The van der Waals surface area contributed by atoms with E-state index in [9.17, 15) is 9.59 Å². The van der Waals surface area contributed by atoms with Gasteiger partial charge in [0.2, 0.25) is 5.91 Å². The molecule has 0 heterocycles. The van der Waals surface area contributed by atoms with E-state index in [-0.39, 0.29) is 23.8 Å². The van der Waals surface area contributed by atoms with E-state index in [0.29, 0.717) is 18.8 Å². The van der Waals surface area contributed by atoms with E-state index >= 15 is 0 Å². The maximum absolute atomic E-state index is 13.0. The Morgan fingerprint density at radius 2 is 1.68 bits per heavy atom. The molecule has 1 N–H and O–H groups in total. The summed E-state index contributed by atoms with van der Waals surface area (Å²) in [4.78, 5) is 27.2. The predicted molar refractivity (Wildman–Crippen MR) is 125 cm³/mol. The van der Waals surface area contributed by atoms with Crippen molar-refractivity contribution in [1.82, 2.24) is 10.2 Å². The minimum atomic E-state index is -0.587. The van der Waals surface area contributed by atoms with Crippen LogP contribution in [0.1, 0.15) is 58.6 Å². The third kappa shape index (κ3) is 7.74. The van der Waals surface area contributed by atoms with Gasteiger partial charge in [-0.25, -0.2) is 0 Å². The van der Waals surface area contributed by atoms with Crippen molar-refractivity contribution < 1.29 is 14.3 Å². The molecule has 0 aromatic heterocycles. The van der Waals surface area contributed by atoms with Crippen molar-refractivity contribution in [2.45, 2.75) is 65.5 Å². The van der Waals surface area contributed by atoms with Gasteiger partial charge in [0.1, 0.15) is 11.8 Å². The van der Waals surface area contributed by atoms with Crippen molar-refractivity contribution in [3.8, 4) is 5.75 Å². The van der Waals surface area contributed by atoms with Gasteiger partial charge in [0.25, 0.3) is 5.91 Å². The van der Waals surface area contributed by atoms with Crippen molar-refractivity contribution >= 4 is 11.8 Å². The monoisotopic (exact) mass is 424 g/mol. The van der Waals surface area contributed by atoms with E-state index < -0.39 is 6.04 Å². The summed E-state index contributed by atoms with van der Waals surface area (Å²) in [6.07, 6.45) is 1.92. The van der Waals surface area contributed by atoms with Gasteiger partial charge in [-0.1, -0.05) is 76.6 Å². The van der Waals surface area contributed by atoms with E-state index in [1.807, 2.05) is 54.6 Å². The first kappa shape index (κ1) is 24.4. The van der Waals surface area contributed by atoms with Gasteiger partial charge < -0.3 is 15.0 Å². The molecule has 2 aromatic carbocycles. The topological polar surface area (TPSA) is 58.6 Å². The Kier molecular flexibility index (Phi) is 9.10. The summed E-state index contributed by atoms with van der Waals surface area (Å²) in [6, 6.07) is 16.9. The third-order valence-electron chi connectivity index (χ3n) is 5.28. The predicted octanol–water partition coefficient (Wildman–Crippen LogP) is 4.70. The smallest absolute Gasteiger partial charge is 0.261 e. The molecule has 168 valence electrons. The van der Waals surface area contributed by atoms with Gasteiger partial charge in [0.05, 0.1) is 0 Å². The quantitative estimate of drug-likeness (QED) is 0.563. The number of hydrogen-bond acceptors (Lipinski definition) is 3. The molecule has 0 aliphatic rings. The number of hydrogen-bond donors (Lipinski definition) is 1. The van der Waals surface area contributed by atoms with E-state index in [4.69, 9.17) is 4.74 Å². The Labute approximate surface area is 186 Å². The molecule has 5 nitrogen and oxygen atoms in total. The van der Waals surface area contributed by atoms with Crippen molar-refractivity contribution in [3.63, 3.8) is 0 Å². The molecule has 1 unspecified atom stereocenters. The number of benzene rings is 2. The number of amides is 2. The minimum absolute atomic E-state index is 0.0569. The van der Waals surface area contributed by atoms with E-state index in [1.54, 1.807) is 11.8 Å². The summed E-state index contributed by atoms with van der Waals surface area (Å²) >= 11 is 0. The lowest BCUT2D eigenvalue weighted by Gasteiger charge is -2.28. The first-order chi connectivity index (χ1) is 14.7. The molecule has 0 aliphatic heterocycles. The van der Waals surface area contributed by atoms with Crippen LogP contribution in [0.5, 0.6) is 5.75 Å². The Hall–Kier alpha value is -2.82. The van der Waals surface area contributed by atoms with Gasteiger partial charge in [-0.2, -0.15) is 0 Å². The van der Waals surface area contributed by atoms with Crippen LogP contribution in [-0.4, -0.2) is 35.9 Å². The third-order valence-corrected chi connectivity index (χ3v) is 5.28. The fourth-order valence-electron chi connectivity index (χ4n) is 3.18. The van der Waals surface area contributed by atoms with Crippen LogP contribution in [0.2, 0.25) is 0 Å². The summed E-state index contributed by atoms with van der Waals surface area (Å²) in [5, 5.41) is 2.92. The lowest BCUT2D eigenvalue weighted by molar-refractivity contribution is -0.142. The maximum atomic E-state index is 13.0. The highest BCUT2D eigenvalue weighted by molar-refractivity contribution is 5.87. The Morgan fingerprint density at radius 1 is 1.03 bits per heavy atom. The molecule has 31 heavy (non-hydrogen) atoms. The number of carbonyl (C=O) groups excluding carboxylic acids is 2. The average Bonchev–Trinajstić information content (AvgIpc) is 2.76. The SMILES string of the molecule is CCCCNC(=O)C(C)N(Cc1ccccc1)C(=O)COc1ccc(C(C)(C)C)cc1. The highest BCUT2D eigenvalue weighted by atomic mass is 16.5. The van der Waals surface area contributed by atoms with Crippen LogP contribution >= 0.6 is 0 Å². The molecule has 2 aromatic rings. The van der Waals surface area contributed by atoms with Crippen LogP contribution in [0.25, 0.3) is 0 Å². The van der Waals surface area contributed by atoms with Gasteiger partial charge in [-0.15, -0.1) is 0 Å². The van der Waals surface area contributed by atoms with Crippen molar-refractivity contribution in [1.29, 1.82) is 0 Å². The molecule has 2 amide bonds. The number of unbranched alkanes of at least 4 members (excludes halogenated alkanes) is 1. The van der Waals surface area contributed by atoms with Gasteiger partial charge in [-0.3, -0.25) is 9.59 Å². The lowest BCUT2D eigenvalue weighted by atomic mass is 9.87. The van der Waals surface area contributed by atoms with Gasteiger partial charge in [0.15, 0.2) is 6.61 Å². The van der Waals surface area contributed by atoms with Gasteiger partial charge in [-0.05, 0) is 42.0 Å². The molecule has 2 rings (SSSR count). The van der Waals surface area contributed by atoms with Crippen LogP contribution in [0.4, 0.5) is 0 Å². The Morgan fingerprint density at radius 3 is 2.26 bits per heavy atom. The molecule has 5 heteroatoms. The van der Waals surface area contributed by atoms with Crippen LogP contribution in [-0.2, 0) is 21.5 Å². The largest absolute Gasteiger partial charge is 0.484 e. The second-order valence-corrected chi connectivity index (χ2v) is 8.89. The van der Waals surface area contributed by atoms with Crippen LogP contribution in [0, 0.1) is 0 Å². The summed E-state index contributed by atoms with van der Waals surface area (Å²) in [7, 11) is 0. The summed E-state index contributed by atoms with van der Waals surface area (Å²) in [5.74, 6) is 0.273. The molecule has 1 atom stereocenters. The van der Waals surface area contributed by atoms with Crippen LogP contribution in [0.3, 0.4) is 0 Å². The van der Waals surface area contributed by atoms with E-state index in [0.717, 1.165) is 18.4 Å². The summed E-state index contributed by atoms with van der Waals surface area (Å²) < 4.78 is 5.76. The second kappa shape index (κ2) is 11.5. The van der Waals surface area contributed by atoms with Gasteiger partial charge in [0, 0.05) is 13.1 Å². The normalized spacial score (nSPS) is 12.2. The van der Waals surface area contributed by atoms with E-state index in [1.165, 1.54) is 5.56 Å². The summed E-state index contributed by atoms with van der Waals surface area (Å²) in [6.45, 7) is 11.2. The van der Waals surface area contributed by atoms with Crippen LogP contribution in [0.15, 0.2) is 54.6 Å². The van der Waals surface area contributed by atoms with Crippen LogP contribution < -0.4 is 10.1 Å². The maximum Gasteiger partial charge on any atom is 0.261 e. The molecule has 0 bridgehead atoms. The number of carbonyl (C=O) groups is 2. The zero-order valence-corrected chi connectivity index (χ0v) is 19.5. The highest BCUT2D eigenvalue weighted by Gasteiger charge is 2.26. The zero-order valence-electron chi connectivity index (χ0n) is 19.5. The molecule has 0 spiro atoms. The summed E-state index contributed by atoms with van der Waals surface area (Å²) in [5.41, 5.74) is 2.23. The first-order valence-corrected chi connectivity index (χ1v) is 11.1. The number of rotatable bonds is 10. The number of nitrogens with zero attached hydrogens (tertiary/aromatic N) is 1. The zero-order chi connectivity index (χ0) is 22.9. The highest BCUT2D eigenvalue weighted by Crippen LogP contribution is 2.24. The molecule has 0 saturated heterocycles. The molecule has 0 aliphatic carbocycles. The Balaban J connectivity index is 2.07. The van der Waals surface area contributed by atoms with E-state index in [2.05, 4.69) is 33.0 Å². The first-order valence-electron chi connectivity index (χ1n) is 11.1. The Bertz CT molecular complexity index is 826. The van der Waals surface area contributed by atoms with Crippen molar-refractivity contribution in [2.75, 3.05) is 13.2 Å². The fourth-order valence-corrected chi connectivity index (χ4v) is 3.18. The molecule has 0 saturated carbocycles. The fraction of sp³-hybridized carbons (Fsp3) is 0.462. The number of ether oxygens (including phenoxy) is 1. The minimum Gasteiger partial charge on any atom is -0.484 e.